The van der Waals surface area contributed by atoms with Crippen LogP contribution in [0.4, 0.5) is 5.82 Å². The van der Waals surface area contributed by atoms with Crippen molar-refractivity contribution in [2.45, 2.75) is 33.7 Å². The van der Waals surface area contributed by atoms with Crippen LogP contribution in [-0.4, -0.2) is 30.0 Å². The van der Waals surface area contributed by atoms with Crippen LogP contribution in [0.25, 0.3) is 0 Å². The van der Waals surface area contributed by atoms with Crippen molar-refractivity contribution in [3.05, 3.63) is 22.9 Å². The first kappa shape index (κ1) is 14.3. The van der Waals surface area contributed by atoms with Crippen molar-refractivity contribution in [2.75, 3.05) is 18.0 Å². The molecule has 2 rings (SSSR count). The second-order valence-corrected chi connectivity index (χ2v) is 5.66. The van der Waals surface area contributed by atoms with E-state index in [1.807, 2.05) is 38.7 Å². The largest absolute Gasteiger partial charge is 0.354 e. The van der Waals surface area contributed by atoms with Crippen molar-refractivity contribution in [2.24, 2.45) is 5.92 Å². The molecule has 1 aliphatic rings. The number of amides is 1. The third-order valence-electron chi connectivity index (χ3n) is 3.42. The molecule has 0 atom stereocenters. The van der Waals surface area contributed by atoms with Gasteiger partial charge in [0.1, 0.15) is 11.9 Å². The fourth-order valence-corrected chi connectivity index (χ4v) is 2.40. The number of nitriles is 1. The van der Waals surface area contributed by atoms with Gasteiger partial charge in [0.05, 0.1) is 11.5 Å². The molecule has 5 heteroatoms. The summed E-state index contributed by atoms with van der Waals surface area (Å²) in [5, 5.41) is 12.2. The first-order valence-electron chi connectivity index (χ1n) is 6.86. The number of hydrogen-bond donors (Lipinski definition) is 1. The van der Waals surface area contributed by atoms with Crippen molar-refractivity contribution >= 4 is 11.7 Å². The van der Waals surface area contributed by atoms with Gasteiger partial charge in [-0.05, 0) is 39.3 Å². The van der Waals surface area contributed by atoms with E-state index in [4.69, 9.17) is 0 Å². The average molecular weight is 272 g/mol. The number of nitrogens with zero attached hydrogens (tertiary/aromatic N) is 3. The first-order valence-corrected chi connectivity index (χ1v) is 6.86. The van der Waals surface area contributed by atoms with Crippen molar-refractivity contribution in [3.8, 4) is 6.07 Å². The van der Waals surface area contributed by atoms with E-state index in [1.165, 1.54) is 0 Å². The predicted octanol–water partition coefficient (Wildman–Crippen LogP) is 1.53. The first-order chi connectivity index (χ1) is 9.42. The summed E-state index contributed by atoms with van der Waals surface area (Å²) in [6.07, 6.45) is 0. The van der Waals surface area contributed by atoms with E-state index in [-0.39, 0.29) is 17.9 Å². The van der Waals surface area contributed by atoms with Gasteiger partial charge in [-0.15, -0.1) is 0 Å². The molecule has 0 aliphatic carbocycles. The van der Waals surface area contributed by atoms with Crippen LogP contribution in [-0.2, 0) is 4.79 Å². The summed E-state index contributed by atoms with van der Waals surface area (Å²) >= 11 is 0. The molecule has 106 valence electrons. The van der Waals surface area contributed by atoms with Crippen LogP contribution in [0.15, 0.2) is 6.07 Å². The van der Waals surface area contributed by atoms with Gasteiger partial charge < -0.3 is 10.2 Å². The molecule has 1 aromatic rings. The fraction of sp³-hybridized carbons (Fsp3) is 0.533. The summed E-state index contributed by atoms with van der Waals surface area (Å²) < 4.78 is 0. The minimum Gasteiger partial charge on any atom is -0.354 e. The quantitative estimate of drug-likeness (QED) is 0.906. The Morgan fingerprint density at radius 1 is 1.50 bits per heavy atom. The van der Waals surface area contributed by atoms with Crippen molar-refractivity contribution in [1.82, 2.24) is 10.3 Å². The van der Waals surface area contributed by atoms with Gasteiger partial charge in [0.15, 0.2) is 0 Å². The van der Waals surface area contributed by atoms with Gasteiger partial charge in [-0.2, -0.15) is 5.26 Å². The number of carbonyl (C=O) groups is 1. The average Bonchev–Trinajstić information content (AvgIpc) is 2.25. The Kier molecular flexibility index (Phi) is 3.93. The highest BCUT2D eigenvalue weighted by atomic mass is 16.2. The van der Waals surface area contributed by atoms with E-state index in [0.717, 1.165) is 11.3 Å². The Bertz CT molecular complexity index is 568. The SMILES string of the molecule is Cc1cc(C)c(C#N)c(N2CC(C(=O)NC(C)C)C2)n1. The topological polar surface area (TPSA) is 69.0 Å². The lowest BCUT2D eigenvalue weighted by molar-refractivity contribution is -0.126. The molecule has 0 bridgehead atoms. The number of hydrogen-bond acceptors (Lipinski definition) is 4. The molecule has 0 aromatic carbocycles. The monoisotopic (exact) mass is 272 g/mol. The molecule has 1 N–H and O–H groups in total. The van der Waals surface area contributed by atoms with E-state index < -0.39 is 0 Å². The maximum absolute atomic E-state index is 11.9. The molecule has 20 heavy (non-hydrogen) atoms. The Hall–Kier alpha value is -2.09. The maximum Gasteiger partial charge on any atom is 0.226 e. The van der Waals surface area contributed by atoms with Gasteiger partial charge in [0.25, 0.3) is 0 Å². The lowest BCUT2D eigenvalue weighted by Crippen LogP contribution is -2.55. The van der Waals surface area contributed by atoms with E-state index in [1.54, 1.807) is 0 Å². The number of rotatable bonds is 3. The highest BCUT2D eigenvalue weighted by Gasteiger charge is 2.35. The van der Waals surface area contributed by atoms with Gasteiger partial charge in [-0.25, -0.2) is 4.98 Å². The number of nitrogens with one attached hydrogen (secondary N) is 1. The van der Waals surface area contributed by atoms with Gasteiger partial charge in [0, 0.05) is 24.8 Å². The van der Waals surface area contributed by atoms with Crippen molar-refractivity contribution in [3.63, 3.8) is 0 Å². The molecule has 1 fully saturated rings. The Morgan fingerprint density at radius 3 is 2.70 bits per heavy atom. The summed E-state index contributed by atoms with van der Waals surface area (Å²) in [6.45, 7) is 8.99. The van der Waals surface area contributed by atoms with E-state index in [0.29, 0.717) is 24.5 Å². The number of pyridine rings is 1. The summed E-state index contributed by atoms with van der Waals surface area (Å²) in [7, 11) is 0. The Morgan fingerprint density at radius 2 is 2.15 bits per heavy atom. The van der Waals surface area contributed by atoms with Crippen LogP contribution in [0.1, 0.15) is 30.7 Å². The maximum atomic E-state index is 11.9. The van der Waals surface area contributed by atoms with Crippen LogP contribution in [0.5, 0.6) is 0 Å². The lowest BCUT2D eigenvalue weighted by Gasteiger charge is -2.40. The van der Waals surface area contributed by atoms with Gasteiger partial charge in [-0.3, -0.25) is 4.79 Å². The molecule has 1 aliphatic heterocycles. The predicted molar refractivity (Wildman–Crippen MR) is 77.4 cm³/mol. The third-order valence-corrected chi connectivity index (χ3v) is 3.42. The number of carbonyl (C=O) groups excluding carboxylic acids is 1. The van der Waals surface area contributed by atoms with Crippen LogP contribution in [0, 0.1) is 31.1 Å². The molecule has 0 saturated carbocycles. The van der Waals surface area contributed by atoms with Crippen LogP contribution in [0.3, 0.4) is 0 Å². The molecule has 1 aromatic heterocycles. The van der Waals surface area contributed by atoms with E-state index in [2.05, 4.69) is 16.4 Å². The summed E-state index contributed by atoms with van der Waals surface area (Å²) in [5.41, 5.74) is 2.44. The van der Waals surface area contributed by atoms with E-state index >= 15 is 0 Å². The summed E-state index contributed by atoms with van der Waals surface area (Å²) in [5.74, 6) is 0.782. The normalized spacial score (nSPS) is 14.9. The molecule has 0 spiro atoms. The van der Waals surface area contributed by atoms with Gasteiger partial charge >= 0.3 is 0 Å². The number of aryl methyl sites for hydroxylation is 2. The smallest absolute Gasteiger partial charge is 0.226 e. The zero-order chi connectivity index (χ0) is 14.9. The Labute approximate surface area is 119 Å². The summed E-state index contributed by atoms with van der Waals surface area (Å²) in [4.78, 5) is 18.3. The minimum atomic E-state index is -0.00781. The molecule has 0 radical (unpaired) electrons. The molecule has 5 nitrogen and oxygen atoms in total. The zero-order valence-electron chi connectivity index (χ0n) is 12.4. The van der Waals surface area contributed by atoms with Crippen molar-refractivity contribution < 1.29 is 4.79 Å². The number of aromatic nitrogens is 1. The van der Waals surface area contributed by atoms with Crippen LogP contribution in [0.2, 0.25) is 0 Å². The second kappa shape index (κ2) is 5.49. The van der Waals surface area contributed by atoms with Crippen LogP contribution < -0.4 is 10.2 Å². The molecule has 1 amide bonds. The second-order valence-electron chi connectivity index (χ2n) is 5.66. The third kappa shape index (κ3) is 2.74. The van der Waals surface area contributed by atoms with Crippen molar-refractivity contribution in [1.29, 1.82) is 5.26 Å². The highest BCUT2D eigenvalue weighted by Crippen LogP contribution is 2.28. The Balaban J connectivity index is 2.10. The molecule has 0 unspecified atom stereocenters. The molecule has 1 saturated heterocycles. The standard InChI is InChI=1S/C15H20N4O/c1-9(2)17-15(20)12-7-19(8-12)14-13(6-16)10(3)5-11(4)18-14/h5,9,12H,7-8H2,1-4H3,(H,17,20). The number of anilines is 1. The minimum absolute atomic E-state index is 0.00781. The zero-order valence-corrected chi connectivity index (χ0v) is 12.4. The fourth-order valence-electron chi connectivity index (χ4n) is 2.40. The van der Waals surface area contributed by atoms with Gasteiger partial charge in [0.2, 0.25) is 5.91 Å². The van der Waals surface area contributed by atoms with Crippen LogP contribution >= 0.6 is 0 Å². The summed E-state index contributed by atoms with van der Waals surface area (Å²) in [6, 6.07) is 4.28. The van der Waals surface area contributed by atoms with Gasteiger partial charge in [-0.1, -0.05) is 0 Å². The highest BCUT2D eigenvalue weighted by molar-refractivity contribution is 5.82. The molecular weight excluding hydrogens is 252 g/mol. The lowest BCUT2D eigenvalue weighted by atomic mass is 9.97. The molecule has 2 heterocycles. The molecular formula is C15H20N4O. The van der Waals surface area contributed by atoms with E-state index in [9.17, 15) is 10.1 Å².